The average molecular weight is 259 g/mol. The van der Waals surface area contributed by atoms with Crippen LogP contribution in [0.1, 0.15) is 26.7 Å². The number of benzene rings is 1. The first-order valence-electron chi connectivity index (χ1n) is 5.42. The molecule has 0 aliphatic carbocycles. The number of hydrogen-bond donors (Lipinski definition) is 2. The molecule has 5 heteroatoms. The first kappa shape index (κ1) is 13.9. The molecule has 0 heterocycles. The Bertz CT molecular complexity index is 421. The maximum absolute atomic E-state index is 12.9. The molecule has 3 nitrogen and oxygen atoms in total. The van der Waals surface area contributed by atoms with Gasteiger partial charge >= 0.3 is 0 Å². The van der Waals surface area contributed by atoms with E-state index in [0.29, 0.717) is 12.1 Å². The Morgan fingerprint density at radius 2 is 2.24 bits per heavy atom. The lowest BCUT2D eigenvalue weighted by molar-refractivity contribution is -0.120. The topological polar surface area (TPSA) is 55.1 Å². The van der Waals surface area contributed by atoms with Crippen molar-refractivity contribution in [3.05, 3.63) is 29.0 Å². The minimum absolute atomic E-state index is 0.0305. The lowest BCUT2D eigenvalue weighted by Gasteiger charge is -2.22. The molecular weight excluding hydrogens is 243 g/mol. The van der Waals surface area contributed by atoms with Crippen LogP contribution >= 0.6 is 11.6 Å². The van der Waals surface area contributed by atoms with Crippen molar-refractivity contribution < 1.29 is 9.18 Å². The summed E-state index contributed by atoms with van der Waals surface area (Å²) in [5.41, 5.74) is 5.37. The molecule has 1 unspecified atom stereocenters. The molecule has 0 saturated heterocycles. The van der Waals surface area contributed by atoms with Crippen molar-refractivity contribution in [2.45, 2.75) is 32.2 Å². The summed E-state index contributed by atoms with van der Waals surface area (Å²) in [6.45, 7) is 3.62. The van der Waals surface area contributed by atoms with Crippen LogP contribution in [0.3, 0.4) is 0 Å². The molecule has 0 aliphatic rings. The Kier molecular flexibility index (Phi) is 4.48. The molecule has 0 aliphatic heterocycles. The second kappa shape index (κ2) is 5.47. The summed E-state index contributed by atoms with van der Waals surface area (Å²) in [5.74, 6) is -0.823. The van der Waals surface area contributed by atoms with Gasteiger partial charge < -0.3 is 11.1 Å². The summed E-state index contributed by atoms with van der Waals surface area (Å²) >= 11 is 5.62. The Balaban J connectivity index is 2.77. The molecular formula is C12H16ClFN2O. The third kappa shape index (κ3) is 3.68. The number of nitrogens with two attached hydrogens (primary N) is 1. The van der Waals surface area contributed by atoms with E-state index in [9.17, 15) is 9.18 Å². The van der Waals surface area contributed by atoms with Gasteiger partial charge in [0.25, 0.3) is 0 Å². The van der Waals surface area contributed by atoms with Gasteiger partial charge in [0, 0.05) is 5.69 Å². The lowest BCUT2D eigenvalue weighted by atomic mass is 9.96. The van der Waals surface area contributed by atoms with Crippen LogP contribution < -0.4 is 11.1 Å². The van der Waals surface area contributed by atoms with Crippen molar-refractivity contribution in [3.8, 4) is 0 Å². The number of hydrogen-bond acceptors (Lipinski definition) is 2. The van der Waals surface area contributed by atoms with Crippen LogP contribution in [0, 0.1) is 5.82 Å². The van der Waals surface area contributed by atoms with Crippen molar-refractivity contribution in [3.63, 3.8) is 0 Å². The Morgan fingerprint density at radius 3 is 2.76 bits per heavy atom. The van der Waals surface area contributed by atoms with Crippen LogP contribution in [-0.4, -0.2) is 11.4 Å². The normalized spacial score (nSPS) is 14.2. The molecule has 0 radical (unpaired) electrons. The molecule has 1 amide bonds. The Hall–Kier alpha value is -1.13. The summed E-state index contributed by atoms with van der Waals surface area (Å²) in [5, 5.41) is 2.59. The van der Waals surface area contributed by atoms with E-state index < -0.39 is 11.4 Å². The molecule has 1 atom stereocenters. The van der Waals surface area contributed by atoms with Gasteiger partial charge in [-0.25, -0.2) is 4.39 Å². The molecule has 0 aromatic heterocycles. The third-order valence-electron chi connectivity index (χ3n) is 2.47. The highest BCUT2D eigenvalue weighted by molar-refractivity contribution is 6.31. The zero-order chi connectivity index (χ0) is 13.1. The molecule has 0 bridgehead atoms. The van der Waals surface area contributed by atoms with Crippen molar-refractivity contribution in [1.29, 1.82) is 0 Å². The summed E-state index contributed by atoms with van der Waals surface area (Å²) in [4.78, 5) is 11.8. The highest BCUT2D eigenvalue weighted by Crippen LogP contribution is 2.20. The molecule has 0 saturated carbocycles. The maximum Gasteiger partial charge on any atom is 0.244 e. The first-order valence-corrected chi connectivity index (χ1v) is 5.80. The molecule has 3 N–H and O–H groups in total. The smallest absolute Gasteiger partial charge is 0.244 e. The van der Waals surface area contributed by atoms with E-state index in [2.05, 4.69) is 5.32 Å². The number of carbonyl (C=O) groups is 1. The molecule has 1 rings (SSSR count). The van der Waals surface area contributed by atoms with Gasteiger partial charge in [0.2, 0.25) is 5.91 Å². The Morgan fingerprint density at radius 1 is 1.59 bits per heavy atom. The summed E-state index contributed by atoms with van der Waals surface area (Å²) < 4.78 is 12.9. The molecule has 0 fully saturated rings. The van der Waals surface area contributed by atoms with Gasteiger partial charge in [-0.1, -0.05) is 24.9 Å². The fourth-order valence-corrected chi connectivity index (χ4v) is 1.66. The molecule has 1 aromatic carbocycles. The van der Waals surface area contributed by atoms with Gasteiger partial charge in [0.1, 0.15) is 5.82 Å². The SMILES string of the molecule is CCCC(C)(N)C(=O)Nc1ccc(F)c(Cl)c1. The minimum atomic E-state index is -0.935. The second-order valence-corrected chi connectivity index (χ2v) is 4.66. The van der Waals surface area contributed by atoms with Crippen LogP contribution in [0.4, 0.5) is 10.1 Å². The van der Waals surface area contributed by atoms with E-state index in [1.165, 1.54) is 18.2 Å². The van der Waals surface area contributed by atoms with Crippen LogP contribution in [0.15, 0.2) is 18.2 Å². The van der Waals surface area contributed by atoms with Crippen molar-refractivity contribution in [2.75, 3.05) is 5.32 Å². The quantitative estimate of drug-likeness (QED) is 0.872. The van der Waals surface area contributed by atoms with Crippen LogP contribution in [0.25, 0.3) is 0 Å². The highest BCUT2D eigenvalue weighted by atomic mass is 35.5. The van der Waals surface area contributed by atoms with Gasteiger partial charge in [-0.2, -0.15) is 0 Å². The lowest BCUT2D eigenvalue weighted by Crippen LogP contribution is -2.48. The molecule has 1 aromatic rings. The van der Waals surface area contributed by atoms with Crippen LogP contribution in [-0.2, 0) is 4.79 Å². The monoisotopic (exact) mass is 258 g/mol. The predicted molar refractivity (Wildman–Crippen MR) is 67.5 cm³/mol. The second-order valence-electron chi connectivity index (χ2n) is 4.25. The third-order valence-corrected chi connectivity index (χ3v) is 2.76. The number of carbonyl (C=O) groups excluding carboxylic acids is 1. The van der Waals surface area contributed by atoms with Crippen LogP contribution in [0.2, 0.25) is 5.02 Å². The van der Waals surface area contributed by atoms with E-state index in [-0.39, 0.29) is 10.9 Å². The first-order chi connectivity index (χ1) is 7.86. The van der Waals surface area contributed by atoms with Crippen LogP contribution in [0.5, 0.6) is 0 Å². The van der Waals surface area contributed by atoms with Gasteiger partial charge in [-0.15, -0.1) is 0 Å². The summed E-state index contributed by atoms with van der Waals surface area (Å²) in [6, 6.07) is 4.00. The van der Waals surface area contributed by atoms with Crippen molar-refractivity contribution >= 4 is 23.2 Å². The number of halogens is 2. The van der Waals surface area contributed by atoms with Gasteiger partial charge in [0.05, 0.1) is 10.6 Å². The van der Waals surface area contributed by atoms with Gasteiger partial charge in [0.15, 0.2) is 0 Å². The summed E-state index contributed by atoms with van der Waals surface area (Å²) in [7, 11) is 0. The average Bonchev–Trinajstić information content (AvgIpc) is 2.23. The summed E-state index contributed by atoms with van der Waals surface area (Å²) in [6.07, 6.45) is 1.39. The number of nitrogens with one attached hydrogen (secondary N) is 1. The molecule has 0 spiro atoms. The number of anilines is 1. The fraction of sp³-hybridized carbons (Fsp3) is 0.417. The van der Waals surface area contributed by atoms with E-state index in [1.54, 1.807) is 6.92 Å². The minimum Gasteiger partial charge on any atom is -0.324 e. The molecule has 17 heavy (non-hydrogen) atoms. The van der Waals surface area contributed by atoms with Gasteiger partial charge in [-0.3, -0.25) is 4.79 Å². The van der Waals surface area contributed by atoms with E-state index in [4.69, 9.17) is 17.3 Å². The molecule has 94 valence electrons. The zero-order valence-electron chi connectivity index (χ0n) is 9.89. The number of amides is 1. The van der Waals surface area contributed by atoms with Crippen molar-refractivity contribution in [2.24, 2.45) is 5.73 Å². The van der Waals surface area contributed by atoms with E-state index >= 15 is 0 Å². The highest BCUT2D eigenvalue weighted by Gasteiger charge is 2.27. The van der Waals surface area contributed by atoms with E-state index in [0.717, 1.165) is 6.42 Å². The van der Waals surface area contributed by atoms with E-state index in [1.807, 2.05) is 6.92 Å². The zero-order valence-corrected chi connectivity index (χ0v) is 10.6. The maximum atomic E-state index is 12.9. The standard InChI is InChI=1S/C12H16ClFN2O/c1-3-6-12(2,15)11(17)16-8-4-5-10(14)9(13)7-8/h4-5,7H,3,6,15H2,1-2H3,(H,16,17). The number of rotatable bonds is 4. The van der Waals surface area contributed by atoms with Crippen molar-refractivity contribution in [1.82, 2.24) is 0 Å². The Labute approximate surface area is 105 Å². The predicted octanol–water partition coefficient (Wildman–Crippen LogP) is 2.94. The largest absolute Gasteiger partial charge is 0.324 e. The fourth-order valence-electron chi connectivity index (χ4n) is 1.48. The van der Waals surface area contributed by atoms with Gasteiger partial charge in [-0.05, 0) is 31.5 Å².